The molecule has 0 atom stereocenters. The first-order valence-corrected chi connectivity index (χ1v) is 5.56. The van der Waals surface area contributed by atoms with Crippen LogP contribution in [0.5, 0.6) is 0 Å². The van der Waals surface area contributed by atoms with Crippen LogP contribution in [0.2, 0.25) is 0 Å². The highest BCUT2D eigenvalue weighted by Gasteiger charge is 2.34. The van der Waals surface area contributed by atoms with Gasteiger partial charge in [0.15, 0.2) is 0 Å². The van der Waals surface area contributed by atoms with Gasteiger partial charge in [0.2, 0.25) is 0 Å². The molecule has 1 aromatic heterocycles. The summed E-state index contributed by atoms with van der Waals surface area (Å²) in [5.41, 5.74) is -1.19. The number of aromatic amines is 1. The maximum atomic E-state index is 12.6. The molecule has 3 nitrogen and oxygen atoms in total. The molecule has 0 spiro atoms. The highest BCUT2D eigenvalue weighted by atomic mass is 19.4. The summed E-state index contributed by atoms with van der Waals surface area (Å²) in [6.45, 7) is 3.02. The molecule has 2 N–H and O–H groups in total. The maximum Gasteiger partial charge on any atom is 0.416 e. The van der Waals surface area contributed by atoms with Crippen LogP contribution in [0.25, 0.3) is 10.9 Å². The first kappa shape index (κ1) is 13.5. The molecule has 2 aromatic rings. The maximum absolute atomic E-state index is 12.6. The van der Waals surface area contributed by atoms with Crippen LogP contribution >= 0.6 is 0 Å². The lowest BCUT2D eigenvalue weighted by molar-refractivity contribution is -0.142. The molecule has 0 fully saturated rings. The smallest absolute Gasteiger partial charge is 0.416 e. The number of halogens is 3. The Morgan fingerprint density at radius 2 is 1.89 bits per heavy atom. The molecule has 0 aliphatic heterocycles. The first-order valence-electron chi connectivity index (χ1n) is 5.56. The van der Waals surface area contributed by atoms with Gasteiger partial charge in [-0.05, 0) is 31.5 Å². The summed E-state index contributed by atoms with van der Waals surface area (Å²) < 4.78 is 37.7. The second-order valence-corrected chi connectivity index (χ2v) is 4.89. The van der Waals surface area contributed by atoms with E-state index in [2.05, 4.69) is 4.98 Å². The van der Waals surface area contributed by atoms with E-state index in [9.17, 15) is 18.0 Å². The van der Waals surface area contributed by atoms with Gasteiger partial charge in [0.1, 0.15) is 0 Å². The van der Waals surface area contributed by atoms with Crippen molar-refractivity contribution < 1.29 is 23.1 Å². The zero-order valence-electron chi connectivity index (χ0n) is 10.3. The van der Waals surface area contributed by atoms with Crippen molar-refractivity contribution in [3.8, 4) is 0 Å². The number of hydrogen-bond donors (Lipinski definition) is 2. The van der Waals surface area contributed by atoms with Crippen molar-refractivity contribution in [3.63, 3.8) is 0 Å². The van der Waals surface area contributed by atoms with Crippen LogP contribution in [0.3, 0.4) is 0 Å². The van der Waals surface area contributed by atoms with Crippen molar-refractivity contribution in [2.45, 2.75) is 25.4 Å². The molecule has 0 saturated carbocycles. The van der Waals surface area contributed by atoms with Crippen molar-refractivity contribution in [3.05, 3.63) is 35.5 Å². The van der Waals surface area contributed by atoms with Gasteiger partial charge >= 0.3 is 12.1 Å². The molecule has 0 amide bonds. The lowest BCUT2D eigenvalue weighted by atomic mass is 9.84. The number of nitrogens with one attached hydrogen (secondary N) is 1. The molecule has 6 heteroatoms. The number of aromatic nitrogens is 1. The number of carboxylic acid groups (broad SMARTS) is 1. The number of rotatable bonds is 2. The largest absolute Gasteiger partial charge is 0.481 e. The minimum absolute atomic E-state index is 0.277. The quantitative estimate of drug-likeness (QED) is 0.877. The SMILES string of the molecule is CC(C)(C(=O)O)c1c[nH]c2cc(C(F)(F)F)ccc12. The molecule has 19 heavy (non-hydrogen) atoms. The molecule has 0 unspecified atom stereocenters. The normalized spacial score (nSPS) is 12.9. The Morgan fingerprint density at radius 3 is 2.42 bits per heavy atom. The Bertz CT molecular complexity index is 641. The van der Waals surface area contributed by atoms with Gasteiger partial charge in [-0.3, -0.25) is 4.79 Å². The van der Waals surface area contributed by atoms with Crippen molar-refractivity contribution in [2.24, 2.45) is 0 Å². The number of hydrogen-bond acceptors (Lipinski definition) is 1. The number of alkyl halides is 3. The van der Waals surface area contributed by atoms with Gasteiger partial charge in [0.25, 0.3) is 0 Å². The Hall–Kier alpha value is -1.98. The first-order chi connectivity index (χ1) is 8.64. The van der Waals surface area contributed by atoms with Crippen molar-refractivity contribution in [2.75, 3.05) is 0 Å². The van der Waals surface area contributed by atoms with E-state index in [-0.39, 0.29) is 5.52 Å². The minimum Gasteiger partial charge on any atom is -0.481 e. The molecular formula is C13H12F3NO2. The van der Waals surface area contributed by atoms with Crippen molar-refractivity contribution >= 4 is 16.9 Å². The van der Waals surface area contributed by atoms with Gasteiger partial charge in [-0.25, -0.2) is 0 Å². The van der Waals surface area contributed by atoms with Gasteiger partial charge in [0.05, 0.1) is 11.0 Å². The summed E-state index contributed by atoms with van der Waals surface area (Å²) in [5, 5.41) is 9.65. The average Bonchev–Trinajstić information content (AvgIpc) is 2.70. The van der Waals surface area contributed by atoms with Gasteiger partial charge in [0, 0.05) is 17.1 Å². The molecule has 0 bridgehead atoms. The fourth-order valence-corrected chi connectivity index (χ4v) is 1.93. The highest BCUT2D eigenvalue weighted by molar-refractivity contribution is 5.91. The third-order valence-corrected chi connectivity index (χ3v) is 3.22. The van der Waals surface area contributed by atoms with E-state index < -0.39 is 23.1 Å². The number of aliphatic carboxylic acids is 1. The fourth-order valence-electron chi connectivity index (χ4n) is 1.93. The number of carboxylic acids is 1. The zero-order chi connectivity index (χ0) is 14.4. The molecule has 0 aliphatic carbocycles. The predicted molar refractivity (Wildman–Crippen MR) is 64.0 cm³/mol. The Morgan fingerprint density at radius 1 is 1.26 bits per heavy atom. The molecular weight excluding hydrogens is 259 g/mol. The lowest BCUT2D eigenvalue weighted by Crippen LogP contribution is -2.28. The third kappa shape index (κ3) is 2.18. The Balaban J connectivity index is 2.61. The van der Waals surface area contributed by atoms with E-state index in [4.69, 9.17) is 5.11 Å². The second-order valence-electron chi connectivity index (χ2n) is 4.89. The van der Waals surface area contributed by atoms with E-state index in [0.29, 0.717) is 10.9 Å². The number of benzene rings is 1. The summed E-state index contributed by atoms with van der Waals surface area (Å²) in [5.74, 6) is -1.03. The fraction of sp³-hybridized carbons (Fsp3) is 0.308. The van der Waals surface area contributed by atoms with Crippen molar-refractivity contribution in [1.82, 2.24) is 4.98 Å². The van der Waals surface area contributed by atoms with Crippen LogP contribution < -0.4 is 0 Å². The lowest BCUT2D eigenvalue weighted by Gasteiger charge is -2.18. The monoisotopic (exact) mass is 271 g/mol. The van der Waals surface area contributed by atoms with Crippen molar-refractivity contribution in [1.29, 1.82) is 0 Å². The summed E-state index contributed by atoms with van der Waals surface area (Å²) >= 11 is 0. The molecule has 102 valence electrons. The topological polar surface area (TPSA) is 53.1 Å². The van der Waals surface area contributed by atoms with E-state index in [1.54, 1.807) is 0 Å². The molecule has 1 heterocycles. The van der Waals surface area contributed by atoms with E-state index in [1.807, 2.05) is 0 Å². The molecule has 1 aromatic carbocycles. The van der Waals surface area contributed by atoms with Gasteiger partial charge in [-0.15, -0.1) is 0 Å². The molecule has 0 radical (unpaired) electrons. The average molecular weight is 271 g/mol. The number of carbonyl (C=O) groups is 1. The summed E-state index contributed by atoms with van der Waals surface area (Å²) in [7, 11) is 0. The zero-order valence-corrected chi connectivity index (χ0v) is 10.3. The van der Waals surface area contributed by atoms with Crippen LogP contribution in [0.4, 0.5) is 13.2 Å². The van der Waals surface area contributed by atoms with E-state index in [1.165, 1.54) is 26.1 Å². The van der Waals surface area contributed by atoms with Crippen LogP contribution in [0.1, 0.15) is 25.0 Å². The van der Waals surface area contributed by atoms with Gasteiger partial charge in [-0.1, -0.05) is 6.07 Å². The van der Waals surface area contributed by atoms with E-state index >= 15 is 0 Å². The van der Waals surface area contributed by atoms with Crippen LogP contribution in [0.15, 0.2) is 24.4 Å². The second kappa shape index (κ2) is 4.01. The summed E-state index contributed by atoms with van der Waals surface area (Å²) in [6, 6.07) is 3.24. The Labute approximate surface area is 107 Å². The predicted octanol–water partition coefficient (Wildman–Crippen LogP) is 3.55. The van der Waals surface area contributed by atoms with Crippen LogP contribution in [0, 0.1) is 0 Å². The third-order valence-electron chi connectivity index (χ3n) is 3.22. The minimum atomic E-state index is -4.41. The molecule has 0 aliphatic rings. The van der Waals surface area contributed by atoms with E-state index in [0.717, 1.165) is 12.1 Å². The summed E-state index contributed by atoms with van der Waals surface area (Å²) in [6.07, 6.45) is -2.97. The van der Waals surface area contributed by atoms with Gasteiger partial charge < -0.3 is 10.1 Å². The van der Waals surface area contributed by atoms with Crippen LogP contribution in [-0.2, 0) is 16.4 Å². The van der Waals surface area contributed by atoms with Crippen LogP contribution in [-0.4, -0.2) is 16.1 Å². The highest BCUT2D eigenvalue weighted by Crippen LogP contribution is 2.35. The Kier molecular flexibility index (Phi) is 2.84. The molecule has 2 rings (SSSR count). The summed E-state index contributed by atoms with van der Waals surface area (Å²) in [4.78, 5) is 13.9. The van der Waals surface area contributed by atoms with Gasteiger partial charge in [-0.2, -0.15) is 13.2 Å². The number of fused-ring (bicyclic) bond motifs is 1. The number of H-pyrrole nitrogens is 1. The standard InChI is InChI=1S/C13H12F3NO2/c1-12(2,11(18)19)9-6-17-10-5-7(13(14,15)16)3-4-8(9)10/h3-6,17H,1-2H3,(H,18,19). The molecule has 0 saturated heterocycles.